The molecule has 2 heterocycles. The first-order valence-electron chi connectivity index (χ1n) is 18.5. The van der Waals surface area contributed by atoms with Gasteiger partial charge in [0.15, 0.2) is 17.5 Å². The molecule has 7 rings (SSSR count). The molecule has 7 nitrogen and oxygen atoms in total. The van der Waals surface area contributed by atoms with E-state index in [-0.39, 0.29) is 7.48 Å². The van der Waals surface area contributed by atoms with Crippen molar-refractivity contribution in [3.05, 3.63) is 127 Å². The van der Waals surface area contributed by atoms with Gasteiger partial charge in [0.2, 0.25) is 0 Å². The fourth-order valence-electron chi connectivity index (χ4n) is 6.19. The quantitative estimate of drug-likeness (QED) is 0.144. The molecule has 0 radical (unpaired) electrons. The smallest absolute Gasteiger partial charge is 0.427 e. The molecule has 0 aliphatic carbocycles. The summed E-state index contributed by atoms with van der Waals surface area (Å²) in [7, 11) is -0.387. The Balaban J connectivity index is 1.39. The Kier molecular flexibility index (Phi) is 9.96. The monoisotopic (exact) mass is 715 g/mol. The van der Waals surface area contributed by atoms with Crippen LogP contribution in [-0.2, 0) is 14.0 Å². The van der Waals surface area contributed by atoms with Crippen molar-refractivity contribution < 1.29 is 19.1 Å². The van der Waals surface area contributed by atoms with Crippen LogP contribution in [0.4, 0.5) is 0 Å². The minimum absolute atomic E-state index is 0.236. The van der Waals surface area contributed by atoms with Crippen molar-refractivity contribution in [3.63, 3.8) is 0 Å². The van der Waals surface area contributed by atoms with Crippen molar-refractivity contribution in [1.82, 2.24) is 15.0 Å². The number of nitrogens with zero attached hydrogens (tertiary/aromatic N) is 3. The summed E-state index contributed by atoms with van der Waals surface area (Å²) >= 11 is 0. The van der Waals surface area contributed by atoms with Crippen LogP contribution in [0.25, 0.3) is 56.4 Å². The highest BCUT2D eigenvalue weighted by Crippen LogP contribution is 2.37. The summed E-state index contributed by atoms with van der Waals surface area (Å²) < 4.78 is 19.5. The van der Waals surface area contributed by atoms with E-state index in [9.17, 15) is 5.11 Å². The second-order valence-corrected chi connectivity index (χ2v) is 16.1. The zero-order valence-corrected chi connectivity index (χ0v) is 32.4. The molecule has 1 aromatic heterocycles. The Morgan fingerprint density at radius 1 is 0.537 bits per heavy atom. The summed E-state index contributed by atoms with van der Waals surface area (Å²) in [6.07, 6.45) is 0. The summed E-state index contributed by atoms with van der Waals surface area (Å²) in [4.78, 5) is 15.4. The summed E-state index contributed by atoms with van der Waals surface area (Å²) in [5.74, 6) is 1.62. The maximum Gasteiger partial charge on any atom is 0.494 e. The third kappa shape index (κ3) is 7.82. The second kappa shape index (κ2) is 14.4. The van der Waals surface area contributed by atoms with Gasteiger partial charge in [0, 0.05) is 16.7 Å². The second-order valence-electron chi connectivity index (χ2n) is 16.1. The van der Waals surface area contributed by atoms with Crippen molar-refractivity contribution in [2.75, 3.05) is 0 Å². The molecule has 5 aromatic carbocycles. The van der Waals surface area contributed by atoms with E-state index in [0.29, 0.717) is 17.5 Å². The first kappa shape index (κ1) is 37.4. The standard InChI is InChI=1S/C45H47B2N3O4/c1-42(2,51)43(3,4)52-46-37-27-36(28-38(29-37)47-53-44(5,6)45(7,8)54-47)41-49-39(34-23-15-21-32(25-34)30-17-11-9-12-18-30)48-40(50-41)35-24-16-22-33(26-35)31-19-13-10-14-20-31/h9-29,46,51H,1-8H3. The van der Waals surface area contributed by atoms with E-state index in [1.54, 1.807) is 13.8 Å². The molecular weight excluding hydrogens is 668 g/mol. The van der Waals surface area contributed by atoms with Crippen LogP contribution < -0.4 is 10.9 Å². The predicted molar refractivity (Wildman–Crippen MR) is 221 cm³/mol. The fraction of sp³-hybridized carbons (Fsp3) is 0.267. The van der Waals surface area contributed by atoms with Gasteiger partial charge in [0.25, 0.3) is 0 Å². The molecule has 1 N–H and O–H groups in total. The van der Waals surface area contributed by atoms with E-state index in [1.165, 1.54) is 0 Å². The maximum absolute atomic E-state index is 10.9. The average Bonchev–Trinajstić information content (AvgIpc) is 3.39. The predicted octanol–water partition coefficient (Wildman–Crippen LogP) is 8.05. The largest absolute Gasteiger partial charge is 0.494 e. The van der Waals surface area contributed by atoms with Crippen molar-refractivity contribution >= 4 is 25.5 Å². The summed E-state index contributed by atoms with van der Waals surface area (Å²) in [6.45, 7) is 15.5. The molecule has 1 fully saturated rings. The summed E-state index contributed by atoms with van der Waals surface area (Å²) in [5, 5.41) is 10.9. The minimum atomic E-state index is -1.07. The van der Waals surface area contributed by atoms with Crippen LogP contribution in [0.5, 0.6) is 0 Å². The minimum Gasteiger partial charge on any atom is -0.427 e. The van der Waals surface area contributed by atoms with Gasteiger partial charge in [-0.25, -0.2) is 15.0 Å². The number of hydrogen-bond acceptors (Lipinski definition) is 7. The maximum atomic E-state index is 10.9. The van der Waals surface area contributed by atoms with Gasteiger partial charge in [0.1, 0.15) is 0 Å². The number of hydrogen-bond donors (Lipinski definition) is 1. The van der Waals surface area contributed by atoms with Crippen molar-refractivity contribution in [2.24, 2.45) is 0 Å². The molecule has 0 spiro atoms. The Hall–Kier alpha value is -4.92. The molecule has 272 valence electrons. The van der Waals surface area contributed by atoms with E-state index in [0.717, 1.165) is 49.9 Å². The lowest BCUT2D eigenvalue weighted by Gasteiger charge is -2.37. The van der Waals surface area contributed by atoms with Gasteiger partial charge in [-0.3, -0.25) is 0 Å². The zero-order valence-electron chi connectivity index (χ0n) is 32.4. The SMILES string of the molecule is CC(C)(O)C(C)(C)OBc1cc(B2OC(C)(C)C(C)(C)O2)cc(-c2nc(-c3cccc(-c4ccccc4)c3)nc(-c3cccc(-c4ccccc4)c3)n2)c1. The number of benzene rings is 5. The van der Waals surface area contributed by atoms with Crippen molar-refractivity contribution in [2.45, 2.75) is 77.8 Å². The van der Waals surface area contributed by atoms with Crippen LogP contribution in [-0.4, -0.2) is 57.1 Å². The van der Waals surface area contributed by atoms with Crippen LogP contribution in [0, 0.1) is 0 Å². The van der Waals surface area contributed by atoms with Gasteiger partial charge in [-0.1, -0.05) is 121 Å². The third-order valence-electron chi connectivity index (χ3n) is 11.0. The topological polar surface area (TPSA) is 86.6 Å². The van der Waals surface area contributed by atoms with Gasteiger partial charge in [-0.15, -0.1) is 0 Å². The van der Waals surface area contributed by atoms with Crippen molar-refractivity contribution in [1.29, 1.82) is 0 Å². The van der Waals surface area contributed by atoms with Crippen LogP contribution in [0.15, 0.2) is 127 Å². The van der Waals surface area contributed by atoms with Gasteiger partial charge >= 0.3 is 14.6 Å². The normalized spacial score (nSPS) is 15.3. The molecule has 6 aromatic rings. The lowest BCUT2D eigenvalue weighted by molar-refractivity contribution is -0.0893. The van der Waals surface area contributed by atoms with Crippen LogP contribution in [0.2, 0.25) is 0 Å². The Morgan fingerprint density at radius 3 is 1.43 bits per heavy atom. The molecule has 54 heavy (non-hydrogen) atoms. The number of aliphatic hydroxyl groups is 1. The highest BCUT2D eigenvalue weighted by molar-refractivity contribution is 6.63. The molecular formula is C45H47B2N3O4. The molecule has 1 aliphatic heterocycles. The van der Waals surface area contributed by atoms with Gasteiger partial charge in [0.05, 0.1) is 22.4 Å². The van der Waals surface area contributed by atoms with Crippen molar-refractivity contribution in [3.8, 4) is 56.4 Å². The molecule has 9 heteroatoms. The molecule has 0 saturated carbocycles. The van der Waals surface area contributed by atoms with Crippen LogP contribution >= 0.6 is 0 Å². The number of aromatic nitrogens is 3. The van der Waals surface area contributed by atoms with E-state index in [2.05, 4.69) is 48.5 Å². The first-order chi connectivity index (χ1) is 25.6. The summed E-state index contributed by atoms with van der Waals surface area (Å²) in [5.41, 5.74) is 5.61. The van der Waals surface area contributed by atoms with Gasteiger partial charge < -0.3 is 19.1 Å². The lowest BCUT2D eigenvalue weighted by atomic mass is 9.73. The molecule has 0 amide bonds. The third-order valence-corrected chi connectivity index (χ3v) is 11.0. The van der Waals surface area contributed by atoms with Gasteiger partial charge in [-0.2, -0.15) is 0 Å². The molecule has 0 bridgehead atoms. The highest BCUT2D eigenvalue weighted by atomic mass is 16.7. The average molecular weight is 716 g/mol. The number of rotatable bonds is 10. The lowest BCUT2D eigenvalue weighted by Crippen LogP contribution is -2.49. The highest BCUT2D eigenvalue weighted by Gasteiger charge is 2.52. The summed E-state index contributed by atoms with van der Waals surface area (Å²) in [6, 6.07) is 43.3. The Labute approximate surface area is 320 Å². The Bertz CT molecular complexity index is 2150. The Morgan fingerprint density at radius 2 is 0.963 bits per heavy atom. The van der Waals surface area contributed by atoms with E-state index < -0.39 is 29.5 Å². The molecule has 1 saturated heterocycles. The molecule has 0 unspecified atom stereocenters. The van der Waals surface area contributed by atoms with Crippen LogP contribution in [0.3, 0.4) is 0 Å². The first-order valence-corrected chi connectivity index (χ1v) is 18.5. The van der Waals surface area contributed by atoms with E-state index in [1.807, 2.05) is 120 Å². The molecule has 0 atom stereocenters. The van der Waals surface area contributed by atoms with E-state index in [4.69, 9.17) is 28.9 Å². The van der Waals surface area contributed by atoms with Crippen LogP contribution in [0.1, 0.15) is 55.4 Å². The zero-order chi connectivity index (χ0) is 38.3. The van der Waals surface area contributed by atoms with E-state index >= 15 is 0 Å². The molecule has 1 aliphatic rings. The fourth-order valence-corrected chi connectivity index (χ4v) is 6.19. The van der Waals surface area contributed by atoms with Gasteiger partial charge in [-0.05, 0) is 95.2 Å².